The number of hydrogen-bond donors (Lipinski definition) is 1. The van der Waals surface area contributed by atoms with E-state index in [2.05, 4.69) is 15.5 Å². The molecule has 9 nitrogen and oxygen atoms in total. The van der Waals surface area contributed by atoms with Gasteiger partial charge in [-0.25, -0.2) is 4.39 Å². The molecule has 1 aromatic heterocycles. The van der Waals surface area contributed by atoms with Crippen molar-refractivity contribution in [1.82, 2.24) is 15.5 Å². The molecule has 0 atom stereocenters. The van der Waals surface area contributed by atoms with E-state index in [9.17, 15) is 19.3 Å². The summed E-state index contributed by atoms with van der Waals surface area (Å²) < 4.78 is 18.1. The summed E-state index contributed by atoms with van der Waals surface area (Å²) in [6.07, 6.45) is 0. The minimum absolute atomic E-state index is 0.121. The fourth-order valence-corrected chi connectivity index (χ4v) is 1.60. The van der Waals surface area contributed by atoms with Gasteiger partial charge in [0, 0.05) is 20.2 Å². The average molecular weight is 309 g/mol. The summed E-state index contributed by atoms with van der Waals surface area (Å²) in [4.78, 5) is 27.6. The SMILES string of the molecule is CN(C)c1noc(CNC(=O)c2cc(F)ccc2[N+](=O)[O-])n1. The second-order valence-electron chi connectivity index (χ2n) is 4.48. The van der Waals surface area contributed by atoms with Crippen molar-refractivity contribution < 1.29 is 18.6 Å². The normalized spacial score (nSPS) is 10.3. The van der Waals surface area contributed by atoms with Crippen LogP contribution in [-0.4, -0.2) is 35.1 Å². The van der Waals surface area contributed by atoms with E-state index in [0.29, 0.717) is 5.95 Å². The van der Waals surface area contributed by atoms with Crippen LogP contribution in [0.5, 0.6) is 0 Å². The molecule has 1 N–H and O–H groups in total. The molecular weight excluding hydrogens is 297 g/mol. The predicted octanol–water partition coefficient (Wildman–Crippen LogP) is 1.11. The van der Waals surface area contributed by atoms with Crippen molar-refractivity contribution >= 4 is 17.5 Å². The molecule has 116 valence electrons. The van der Waals surface area contributed by atoms with Gasteiger partial charge in [-0.15, -0.1) is 0 Å². The zero-order valence-corrected chi connectivity index (χ0v) is 11.7. The van der Waals surface area contributed by atoms with Crippen LogP contribution in [-0.2, 0) is 6.54 Å². The number of rotatable bonds is 5. The standard InChI is InChI=1S/C12H12FN5O4/c1-17(2)12-15-10(22-16-12)6-14-11(19)8-5-7(13)3-4-9(8)18(20)21/h3-5H,6H2,1-2H3,(H,14,19). The van der Waals surface area contributed by atoms with Crippen molar-refractivity contribution in [2.24, 2.45) is 0 Å². The van der Waals surface area contributed by atoms with E-state index < -0.39 is 22.3 Å². The molecule has 1 amide bonds. The first-order valence-electron chi connectivity index (χ1n) is 6.10. The number of aromatic nitrogens is 2. The third-order valence-electron chi connectivity index (χ3n) is 2.66. The van der Waals surface area contributed by atoms with Crippen molar-refractivity contribution in [3.63, 3.8) is 0 Å². The van der Waals surface area contributed by atoms with Crippen LogP contribution in [0.3, 0.4) is 0 Å². The van der Waals surface area contributed by atoms with E-state index in [-0.39, 0.29) is 18.0 Å². The largest absolute Gasteiger partial charge is 0.344 e. The van der Waals surface area contributed by atoms with Crippen LogP contribution >= 0.6 is 0 Å². The van der Waals surface area contributed by atoms with Crippen LogP contribution < -0.4 is 10.2 Å². The van der Waals surface area contributed by atoms with Crippen molar-refractivity contribution in [2.75, 3.05) is 19.0 Å². The van der Waals surface area contributed by atoms with Gasteiger partial charge >= 0.3 is 0 Å². The van der Waals surface area contributed by atoms with Crippen molar-refractivity contribution in [3.8, 4) is 0 Å². The summed E-state index contributed by atoms with van der Waals surface area (Å²) in [5.41, 5.74) is -0.865. The number of nitrogens with one attached hydrogen (secondary N) is 1. The Morgan fingerprint density at radius 3 is 2.82 bits per heavy atom. The Labute approximate surface area is 123 Å². The number of amides is 1. The second kappa shape index (κ2) is 6.16. The molecule has 0 aliphatic rings. The summed E-state index contributed by atoms with van der Waals surface area (Å²) in [6, 6.07) is 2.64. The lowest BCUT2D eigenvalue weighted by Crippen LogP contribution is -2.24. The highest BCUT2D eigenvalue weighted by atomic mass is 19.1. The number of nitro benzene ring substituents is 1. The maximum atomic E-state index is 13.2. The van der Waals surface area contributed by atoms with E-state index in [1.807, 2.05) is 0 Å². The maximum Gasteiger partial charge on any atom is 0.282 e. The highest BCUT2D eigenvalue weighted by Gasteiger charge is 2.21. The minimum atomic E-state index is -0.809. The Hall–Kier alpha value is -3.04. The van der Waals surface area contributed by atoms with Gasteiger partial charge in [-0.05, 0) is 17.3 Å². The maximum absolute atomic E-state index is 13.2. The van der Waals surface area contributed by atoms with Crippen molar-refractivity contribution in [3.05, 3.63) is 45.6 Å². The van der Waals surface area contributed by atoms with Crippen molar-refractivity contribution in [1.29, 1.82) is 0 Å². The molecule has 0 fully saturated rings. The summed E-state index contributed by atoms with van der Waals surface area (Å²) >= 11 is 0. The Bertz CT molecular complexity index is 715. The summed E-state index contributed by atoms with van der Waals surface area (Å²) in [5.74, 6) is -1.11. The minimum Gasteiger partial charge on any atom is -0.344 e. The topological polar surface area (TPSA) is 114 Å². The van der Waals surface area contributed by atoms with Crippen LogP contribution in [0.2, 0.25) is 0 Å². The van der Waals surface area contributed by atoms with Gasteiger partial charge in [-0.1, -0.05) is 0 Å². The number of carbonyl (C=O) groups excluding carboxylic acids is 1. The molecule has 22 heavy (non-hydrogen) atoms. The van der Waals surface area contributed by atoms with E-state index in [4.69, 9.17) is 4.52 Å². The van der Waals surface area contributed by atoms with Gasteiger partial charge in [0.1, 0.15) is 11.4 Å². The average Bonchev–Trinajstić information content (AvgIpc) is 2.93. The fraction of sp³-hybridized carbons (Fsp3) is 0.250. The molecule has 0 unspecified atom stereocenters. The molecule has 1 heterocycles. The van der Waals surface area contributed by atoms with Crippen LogP contribution in [0.25, 0.3) is 0 Å². The first-order valence-corrected chi connectivity index (χ1v) is 6.10. The molecule has 1 aromatic carbocycles. The molecule has 10 heteroatoms. The number of nitrogens with zero attached hydrogens (tertiary/aromatic N) is 4. The summed E-state index contributed by atoms with van der Waals surface area (Å²) in [5, 5.41) is 16.9. The molecule has 0 aliphatic heterocycles. The van der Waals surface area contributed by atoms with E-state index in [0.717, 1.165) is 18.2 Å². The third-order valence-corrected chi connectivity index (χ3v) is 2.66. The number of benzene rings is 1. The molecule has 0 spiro atoms. The Balaban J connectivity index is 2.12. The lowest BCUT2D eigenvalue weighted by atomic mass is 10.1. The second-order valence-corrected chi connectivity index (χ2v) is 4.48. The molecule has 2 rings (SSSR count). The monoisotopic (exact) mass is 309 g/mol. The Kier molecular flexibility index (Phi) is 4.30. The molecule has 2 aromatic rings. The van der Waals surface area contributed by atoms with Crippen LogP contribution in [0.15, 0.2) is 22.7 Å². The number of hydrogen-bond acceptors (Lipinski definition) is 7. The third kappa shape index (κ3) is 3.34. The van der Waals surface area contributed by atoms with Gasteiger partial charge in [0.25, 0.3) is 17.5 Å². The number of anilines is 1. The molecular formula is C12H12FN5O4. The van der Waals surface area contributed by atoms with E-state index >= 15 is 0 Å². The quantitative estimate of drug-likeness (QED) is 0.650. The van der Waals surface area contributed by atoms with Gasteiger partial charge in [0.05, 0.1) is 11.5 Å². The number of nitro groups is 1. The molecule has 0 radical (unpaired) electrons. The smallest absolute Gasteiger partial charge is 0.282 e. The molecule has 0 saturated carbocycles. The van der Waals surface area contributed by atoms with Gasteiger partial charge in [-0.3, -0.25) is 14.9 Å². The lowest BCUT2D eigenvalue weighted by Gasteiger charge is -2.04. The lowest BCUT2D eigenvalue weighted by molar-refractivity contribution is -0.385. The highest BCUT2D eigenvalue weighted by molar-refractivity contribution is 5.98. The first kappa shape index (κ1) is 15.4. The molecule has 0 saturated heterocycles. The first-order chi connectivity index (χ1) is 10.4. The predicted molar refractivity (Wildman–Crippen MR) is 72.8 cm³/mol. The van der Waals surface area contributed by atoms with Crippen LogP contribution in [0.4, 0.5) is 16.0 Å². The molecule has 0 bridgehead atoms. The van der Waals surface area contributed by atoms with Crippen LogP contribution in [0, 0.1) is 15.9 Å². The highest BCUT2D eigenvalue weighted by Crippen LogP contribution is 2.19. The van der Waals surface area contributed by atoms with Gasteiger partial charge < -0.3 is 14.7 Å². The molecule has 0 aliphatic carbocycles. The zero-order chi connectivity index (χ0) is 16.3. The van der Waals surface area contributed by atoms with Crippen LogP contribution in [0.1, 0.15) is 16.2 Å². The van der Waals surface area contributed by atoms with Gasteiger partial charge in [0.2, 0.25) is 5.89 Å². The fourth-order valence-electron chi connectivity index (χ4n) is 1.60. The van der Waals surface area contributed by atoms with E-state index in [1.165, 1.54) is 0 Å². The van der Waals surface area contributed by atoms with Gasteiger partial charge in [0.15, 0.2) is 0 Å². The summed E-state index contributed by atoms with van der Waals surface area (Å²) in [6.45, 7) is -0.132. The van der Waals surface area contributed by atoms with Crippen molar-refractivity contribution in [2.45, 2.75) is 6.54 Å². The Morgan fingerprint density at radius 1 is 1.50 bits per heavy atom. The zero-order valence-electron chi connectivity index (χ0n) is 11.7. The Morgan fingerprint density at radius 2 is 2.23 bits per heavy atom. The number of carbonyl (C=O) groups is 1. The van der Waals surface area contributed by atoms with E-state index in [1.54, 1.807) is 19.0 Å². The number of halogens is 1. The summed E-state index contributed by atoms with van der Waals surface area (Å²) in [7, 11) is 3.42. The van der Waals surface area contributed by atoms with Gasteiger partial charge in [-0.2, -0.15) is 4.98 Å².